The van der Waals surface area contributed by atoms with Crippen molar-refractivity contribution in [1.82, 2.24) is 0 Å². The maximum atomic E-state index is 9.44. The third kappa shape index (κ3) is 3.03. The lowest BCUT2D eigenvalue weighted by Gasteiger charge is -2.20. The molecule has 16 heavy (non-hydrogen) atoms. The minimum Gasteiger partial charge on any atom is -0.497 e. The molecular weight excluding hydrogens is 206 g/mol. The van der Waals surface area contributed by atoms with Gasteiger partial charge in [-0.15, -0.1) is 0 Å². The van der Waals surface area contributed by atoms with E-state index in [1.807, 2.05) is 25.1 Å². The monoisotopic (exact) mass is 225 g/mol. The summed E-state index contributed by atoms with van der Waals surface area (Å²) in [6.07, 6.45) is -0.434. The van der Waals surface area contributed by atoms with Crippen molar-refractivity contribution >= 4 is 5.69 Å². The highest BCUT2D eigenvalue weighted by Crippen LogP contribution is 2.29. The highest BCUT2D eigenvalue weighted by molar-refractivity contribution is 5.60. The first-order valence-electron chi connectivity index (χ1n) is 5.25. The van der Waals surface area contributed by atoms with Crippen LogP contribution in [0.15, 0.2) is 18.2 Å². The molecule has 0 bridgehead atoms. The Morgan fingerprint density at radius 3 is 2.38 bits per heavy atom. The standard InChI is InChI=1S/C12H19NO3/c1-8(9(2)14)13-11-7-10(15-3)5-6-12(11)16-4/h5-9,13-14H,1-4H3. The molecule has 0 aliphatic heterocycles. The molecule has 0 aliphatic rings. The van der Waals surface area contributed by atoms with Crippen LogP contribution >= 0.6 is 0 Å². The Kier molecular flexibility index (Phi) is 4.43. The Bertz CT molecular complexity index is 339. The Hall–Kier alpha value is -1.42. The van der Waals surface area contributed by atoms with E-state index in [9.17, 15) is 5.11 Å². The molecule has 0 saturated carbocycles. The summed E-state index contributed by atoms with van der Waals surface area (Å²) in [5.74, 6) is 1.48. The second kappa shape index (κ2) is 5.61. The zero-order valence-corrected chi connectivity index (χ0v) is 10.2. The van der Waals surface area contributed by atoms with E-state index in [1.54, 1.807) is 21.1 Å². The highest BCUT2D eigenvalue weighted by atomic mass is 16.5. The van der Waals surface area contributed by atoms with E-state index in [4.69, 9.17) is 9.47 Å². The molecule has 0 heterocycles. The number of nitrogens with one attached hydrogen (secondary N) is 1. The van der Waals surface area contributed by atoms with Gasteiger partial charge in [-0.05, 0) is 26.0 Å². The van der Waals surface area contributed by atoms with Crippen molar-refractivity contribution in [2.24, 2.45) is 0 Å². The van der Waals surface area contributed by atoms with Crippen molar-refractivity contribution in [1.29, 1.82) is 0 Å². The van der Waals surface area contributed by atoms with Crippen LogP contribution in [0.2, 0.25) is 0 Å². The van der Waals surface area contributed by atoms with Gasteiger partial charge in [0, 0.05) is 12.1 Å². The summed E-state index contributed by atoms with van der Waals surface area (Å²) in [6, 6.07) is 5.45. The Balaban J connectivity index is 2.91. The molecule has 0 fully saturated rings. The van der Waals surface area contributed by atoms with Crippen molar-refractivity contribution in [3.05, 3.63) is 18.2 Å². The van der Waals surface area contributed by atoms with E-state index >= 15 is 0 Å². The number of methoxy groups -OCH3 is 2. The Morgan fingerprint density at radius 2 is 1.88 bits per heavy atom. The number of aliphatic hydroxyl groups is 1. The second-order valence-electron chi connectivity index (χ2n) is 3.74. The summed E-state index contributed by atoms with van der Waals surface area (Å²) < 4.78 is 10.4. The first-order chi connectivity index (χ1) is 7.58. The lowest BCUT2D eigenvalue weighted by molar-refractivity contribution is 0.177. The molecule has 2 N–H and O–H groups in total. The lowest BCUT2D eigenvalue weighted by atomic mass is 10.2. The summed E-state index contributed by atoms with van der Waals surface area (Å²) in [4.78, 5) is 0. The average molecular weight is 225 g/mol. The number of hydrogen-bond donors (Lipinski definition) is 2. The predicted octanol–water partition coefficient (Wildman–Crippen LogP) is 1.89. The van der Waals surface area contributed by atoms with Gasteiger partial charge in [0.1, 0.15) is 11.5 Å². The van der Waals surface area contributed by atoms with E-state index in [0.29, 0.717) is 0 Å². The SMILES string of the molecule is COc1ccc(OC)c(NC(C)C(C)O)c1. The quantitative estimate of drug-likeness (QED) is 0.803. The van der Waals surface area contributed by atoms with E-state index in [2.05, 4.69) is 5.32 Å². The molecule has 0 amide bonds. The van der Waals surface area contributed by atoms with Crippen LogP contribution in [0.5, 0.6) is 11.5 Å². The molecule has 2 atom stereocenters. The molecule has 1 aromatic carbocycles. The number of hydrogen-bond acceptors (Lipinski definition) is 4. The lowest BCUT2D eigenvalue weighted by Crippen LogP contribution is -2.28. The summed E-state index contributed by atoms with van der Waals surface area (Å²) >= 11 is 0. The number of aliphatic hydroxyl groups excluding tert-OH is 1. The molecule has 0 spiro atoms. The predicted molar refractivity (Wildman–Crippen MR) is 64.3 cm³/mol. The van der Waals surface area contributed by atoms with Gasteiger partial charge in [0.2, 0.25) is 0 Å². The van der Waals surface area contributed by atoms with Crippen LogP contribution in [0.25, 0.3) is 0 Å². The third-order valence-electron chi connectivity index (χ3n) is 2.51. The minimum absolute atomic E-state index is 0.0546. The first kappa shape index (κ1) is 12.6. The van der Waals surface area contributed by atoms with Crippen LogP contribution in [-0.4, -0.2) is 31.5 Å². The number of anilines is 1. The summed E-state index contributed by atoms with van der Waals surface area (Å²) in [5.41, 5.74) is 0.815. The number of benzene rings is 1. The second-order valence-corrected chi connectivity index (χ2v) is 3.74. The largest absolute Gasteiger partial charge is 0.497 e. The van der Waals surface area contributed by atoms with Gasteiger partial charge in [-0.2, -0.15) is 0 Å². The third-order valence-corrected chi connectivity index (χ3v) is 2.51. The van der Waals surface area contributed by atoms with Crippen LogP contribution in [0.1, 0.15) is 13.8 Å². The normalized spacial score (nSPS) is 14.1. The van der Waals surface area contributed by atoms with Gasteiger partial charge in [-0.25, -0.2) is 0 Å². The fourth-order valence-corrected chi connectivity index (χ4v) is 1.29. The van der Waals surface area contributed by atoms with Crippen LogP contribution in [0.4, 0.5) is 5.69 Å². The molecule has 0 saturated heterocycles. The molecule has 0 radical (unpaired) electrons. The average Bonchev–Trinajstić information content (AvgIpc) is 2.28. The van der Waals surface area contributed by atoms with Gasteiger partial charge < -0.3 is 19.9 Å². The Morgan fingerprint density at radius 1 is 1.19 bits per heavy atom. The van der Waals surface area contributed by atoms with Crippen LogP contribution in [-0.2, 0) is 0 Å². The van der Waals surface area contributed by atoms with Gasteiger partial charge in [-0.3, -0.25) is 0 Å². The smallest absolute Gasteiger partial charge is 0.142 e. The van der Waals surface area contributed by atoms with Gasteiger partial charge in [0.15, 0.2) is 0 Å². The highest BCUT2D eigenvalue weighted by Gasteiger charge is 2.11. The van der Waals surface area contributed by atoms with Crippen molar-refractivity contribution in [2.45, 2.75) is 26.0 Å². The molecule has 2 unspecified atom stereocenters. The topological polar surface area (TPSA) is 50.7 Å². The van der Waals surface area contributed by atoms with Crippen molar-refractivity contribution in [3.8, 4) is 11.5 Å². The fraction of sp³-hybridized carbons (Fsp3) is 0.500. The number of rotatable bonds is 5. The van der Waals surface area contributed by atoms with E-state index < -0.39 is 6.10 Å². The van der Waals surface area contributed by atoms with Gasteiger partial charge >= 0.3 is 0 Å². The molecular formula is C12H19NO3. The summed E-state index contributed by atoms with van der Waals surface area (Å²) in [7, 11) is 3.23. The maximum Gasteiger partial charge on any atom is 0.142 e. The van der Waals surface area contributed by atoms with Gasteiger partial charge in [0.25, 0.3) is 0 Å². The molecule has 0 aliphatic carbocycles. The van der Waals surface area contributed by atoms with Crippen molar-refractivity contribution in [3.63, 3.8) is 0 Å². The molecule has 1 rings (SSSR count). The summed E-state index contributed by atoms with van der Waals surface area (Å²) in [5, 5.41) is 12.6. The van der Waals surface area contributed by atoms with E-state index in [1.165, 1.54) is 0 Å². The van der Waals surface area contributed by atoms with E-state index in [0.717, 1.165) is 17.2 Å². The van der Waals surface area contributed by atoms with Crippen LogP contribution < -0.4 is 14.8 Å². The zero-order chi connectivity index (χ0) is 12.1. The number of ether oxygens (including phenoxy) is 2. The first-order valence-corrected chi connectivity index (χ1v) is 5.25. The minimum atomic E-state index is -0.434. The molecule has 0 aromatic heterocycles. The van der Waals surface area contributed by atoms with E-state index in [-0.39, 0.29) is 6.04 Å². The zero-order valence-electron chi connectivity index (χ0n) is 10.2. The van der Waals surface area contributed by atoms with Crippen LogP contribution in [0.3, 0.4) is 0 Å². The van der Waals surface area contributed by atoms with Crippen molar-refractivity contribution in [2.75, 3.05) is 19.5 Å². The Labute approximate surface area is 96.2 Å². The van der Waals surface area contributed by atoms with Gasteiger partial charge in [0.05, 0.1) is 26.0 Å². The van der Waals surface area contributed by atoms with Crippen LogP contribution in [0, 0.1) is 0 Å². The maximum absolute atomic E-state index is 9.44. The molecule has 4 nitrogen and oxygen atoms in total. The molecule has 1 aromatic rings. The van der Waals surface area contributed by atoms with Crippen molar-refractivity contribution < 1.29 is 14.6 Å². The molecule has 90 valence electrons. The fourth-order valence-electron chi connectivity index (χ4n) is 1.29. The van der Waals surface area contributed by atoms with Gasteiger partial charge in [-0.1, -0.05) is 0 Å². The summed E-state index contributed by atoms with van der Waals surface area (Å²) in [6.45, 7) is 3.65. The molecule has 4 heteroatoms.